The molecule has 1 rings (SSSR count). The van der Waals surface area contributed by atoms with Crippen LogP contribution < -0.4 is 0 Å². The summed E-state index contributed by atoms with van der Waals surface area (Å²) in [5.74, 6) is 0. The van der Waals surface area contributed by atoms with Crippen molar-refractivity contribution in [2.75, 3.05) is 6.61 Å². The second kappa shape index (κ2) is 11.7. The molecule has 0 bridgehead atoms. The fraction of sp³-hybridized carbons (Fsp3) is 1.00. The molecule has 0 aromatic rings. The van der Waals surface area contributed by atoms with Crippen molar-refractivity contribution in [2.45, 2.75) is 56.4 Å². The van der Waals surface area contributed by atoms with Gasteiger partial charge in [-0.1, -0.05) is 18.4 Å². The molecule has 0 spiro atoms. The van der Waals surface area contributed by atoms with Crippen LogP contribution in [-0.2, 0) is 57.8 Å². The lowest BCUT2D eigenvalue weighted by Gasteiger charge is -2.45. The Morgan fingerprint density at radius 3 is 1.74 bits per heavy atom. The first kappa shape index (κ1) is 28.6. The molecule has 18 nitrogen and oxygen atoms in total. The monoisotopic (exact) mass is 524 g/mol. The van der Waals surface area contributed by atoms with Crippen molar-refractivity contribution in [3.8, 4) is 0 Å². The van der Waals surface area contributed by atoms with Gasteiger partial charge in [0.2, 0.25) is 0 Å². The Morgan fingerprint density at radius 2 is 1.35 bits per heavy atom. The van der Waals surface area contributed by atoms with Gasteiger partial charge in [0, 0.05) is 6.61 Å². The number of unbranched alkanes of at least 4 members (excludes halogenated alkanes) is 1. The van der Waals surface area contributed by atoms with Crippen LogP contribution in [0.3, 0.4) is 0 Å². The molecule has 0 heterocycles. The van der Waals surface area contributed by atoms with E-state index < -0.39 is 65.2 Å². The van der Waals surface area contributed by atoms with E-state index in [1.54, 1.807) is 6.92 Å². The summed E-state index contributed by atoms with van der Waals surface area (Å²) in [6.45, 7) is 1.42. The van der Waals surface area contributed by atoms with Crippen LogP contribution in [0.1, 0.15) is 19.8 Å². The summed E-state index contributed by atoms with van der Waals surface area (Å²) in [5.41, 5.74) is 0. The minimum Gasteiger partial charge on any atom is -0.372 e. The molecule has 1 fully saturated rings. The molecule has 21 heteroatoms. The minimum absolute atomic E-state index is 0.266. The number of phosphoric ester groups is 1. The van der Waals surface area contributed by atoms with E-state index in [9.17, 15) is 26.7 Å². The average Bonchev–Trinajstić information content (AvgIpc) is 2.57. The number of phosphoric acid groups is 1. The first-order valence-corrected chi connectivity index (χ1v) is 12.3. The summed E-state index contributed by atoms with van der Waals surface area (Å²) >= 11 is 0. The van der Waals surface area contributed by atoms with E-state index >= 15 is 0 Å². The Kier molecular flexibility index (Phi) is 10.8. The summed E-state index contributed by atoms with van der Waals surface area (Å²) < 4.78 is 92.9. The molecule has 0 saturated heterocycles. The normalized spacial score (nSPS) is 30.4. The third-order valence-electron chi connectivity index (χ3n) is 3.75. The van der Waals surface area contributed by atoms with Gasteiger partial charge in [0.05, 0.1) is 0 Å². The fourth-order valence-corrected chi connectivity index (χ4v) is 4.29. The van der Waals surface area contributed by atoms with Crippen molar-refractivity contribution >= 4 is 28.6 Å². The molecule has 0 radical (unpaired) electrons. The highest BCUT2D eigenvalue weighted by molar-refractivity contribution is 7.81. The van der Waals surface area contributed by atoms with Gasteiger partial charge in [-0.25, -0.2) is 23.1 Å². The largest absolute Gasteiger partial charge is 0.470 e. The van der Waals surface area contributed by atoms with Crippen LogP contribution in [0, 0.1) is 0 Å². The molecule has 0 amide bonds. The molecule has 6 atom stereocenters. The lowest BCUT2D eigenvalue weighted by Crippen LogP contribution is -2.67. The minimum atomic E-state index is -5.53. The fourth-order valence-electron chi connectivity index (χ4n) is 2.73. The summed E-state index contributed by atoms with van der Waals surface area (Å²) in [6, 6.07) is 0. The van der Waals surface area contributed by atoms with E-state index in [0.29, 0.717) is 6.42 Å². The molecule has 0 aromatic carbocycles. The number of hydrogen-bond donors (Lipinski definition) is 6. The van der Waals surface area contributed by atoms with Crippen molar-refractivity contribution in [3.63, 3.8) is 0 Å². The lowest BCUT2D eigenvalue weighted by molar-refractivity contribution is -0.529. The SMILES string of the molecule is CCCCOC1C(OS(=O)(=O)O)[C@H](OO)[C@H](OOO)C(OP(=O)(O)O)[C@@H]1OS(=O)(=O)O. The Labute approximate surface area is 175 Å². The quantitative estimate of drug-likeness (QED) is 0.0536. The molecule has 31 heavy (non-hydrogen) atoms. The topological polar surface area (TPSA) is 271 Å². The summed E-state index contributed by atoms with van der Waals surface area (Å²) in [6.07, 6.45) is -12.9. The summed E-state index contributed by atoms with van der Waals surface area (Å²) in [7, 11) is -16.4. The van der Waals surface area contributed by atoms with Crippen LogP contribution in [0.15, 0.2) is 0 Å². The van der Waals surface area contributed by atoms with Gasteiger partial charge >= 0.3 is 28.6 Å². The smallest absolute Gasteiger partial charge is 0.372 e. The molecule has 1 aliphatic carbocycles. The molecule has 6 N–H and O–H groups in total. The molecule has 1 saturated carbocycles. The first-order valence-electron chi connectivity index (χ1n) is 8.07. The highest BCUT2D eigenvalue weighted by Crippen LogP contribution is 2.44. The second-order valence-electron chi connectivity index (χ2n) is 5.93. The van der Waals surface area contributed by atoms with Gasteiger partial charge in [-0.15, -0.1) is 0 Å². The van der Waals surface area contributed by atoms with Gasteiger partial charge in [0.1, 0.15) is 24.4 Å². The van der Waals surface area contributed by atoms with Crippen LogP contribution in [0.4, 0.5) is 0 Å². The van der Waals surface area contributed by atoms with Crippen LogP contribution >= 0.6 is 7.82 Å². The number of hydrogen-bond acceptors (Lipinski definition) is 14. The van der Waals surface area contributed by atoms with E-state index in [1.165, 1.54) is 0 Å². The van der Waals surface area contributed by atoms with E-state index in [-0.39, 0.29) is 13.0 Å². The van der Waals surface area contributed by atoms with E-state index in [4.69, 9.17) is 28.9 Å². The van der Waals surface area contributed by atoms with Crippen LogP contribution in [-0.4, -0.2) is 89.5 Å². The Bertz CT molecular complexity index is 807. The summed E-state index contributed by atoms with van der Waals surface area (Å²) in [5, 5.41) is 21.1. The predicted molar refractivity (Wildman–Crippen MR) is 90.5 cm³/mol. The van der Waals surface area contributed by atoms with Crippen molar-refractivity contribution in [3.05, 3.63) is 0 Å². The average molecular weight is 524 g/mol. The number of rotatable bonds is 13. The van der Waals surface area contributed by atoms with Crippen molar-refractivity contribution in [1.82, 2.24) is 0 Å². The maximum Gasteiger partial charge on any atom is 0.470 e. The lowest BCUT2D eigenvalue weighted by atomic mass is 9.84. The van der Waals surface area contributed by atoms with Gasteiger partial charge in [-0.05, 0) is 6.42 Å². The van der Waals surface area contributed by atoms with E-state index in [1.807, 2.05) is 0 Å². The molecule has 1 aliphatic rings. The first-order chi connectivity index (χ1) is 14.1. The van der Waals surface area contributed by atoms with Gasteiger partial charge in [0.15, 0.2) is 12.2 Å². The summed E-state index contributed by atoms with van der Waals surface area (Å²) in [4.78, 5) is 26.5. The molecule has 0 aromatic heterocycles. The maximum absolute atomic E-state index is 11.4. The number of ether oxygens (including phenoxy) is 1. The molecular weight excluding hydrogens is 503 g/mol. The van der Waals surface area contributed by atoms with Crippen molar-refractivity contribution in [1.29, 1.82) is 0 Å². The standard InChI is InChI=1S/C10H21O18PS2/c1-2-3-4-22-5-9(26-30(16,17)18)6(23-11)7(24-28-12)8(25-29(13,14)15)10(5)27-31(19,20)21/h5-12H,2-4H2,1H3,(H2,13,14,15)(H,16,17,18)(H,19,20,21)/t5?,6-,7+,8?,9?,10-/m1/s1. The zero-order chi connectivity index (χ0) is 24.0. The Balaban J connectivity index is 3.62. The zero-order valence-electron chi connectivity index (χ0n) is 15.4. The molecular formula is C10H21O18PS2. The maximum atomic E-state index is 11.4. The van der Waals surface area contributed by atoms with Crippen molar-refractivity contribution < 1.29 is 83.2 Å². The second-order valence-corrected chi connectivity index (χ2v) is 9.22. The Morgan fingerprint density at radius 1 is 0.839 bits per heavy atom. The van der Waals surface area contributed by atoms with Gasteiger partial charge in [-0.2, -0.15) is 21.7 Å². The van der Waals surface area contributed by atoms with E-state index in [2.05, 4.69) is 27.7 Å². The van der Waals surface area contributed by atoms with Crippen LogP contribution in [0.5, 0.6) is 0 Å². The highest BCUT2D eigenvalue weighted by atomic mass is 32.3. The highest BCUT2D eigenvalue weighted by Gasteiger charge is 2.60. The van der Waals surface area contributed by atoms with Crippen molar-refractivity contribution in [2.24, 2.45) is 0 Å². The van der Waals surface area contributed by atoms with Crippen LogP contribution in [0.2, 0.25) is 0 Å². The van der Waals surface area contributed by atoms with Gasteiger partial charge < -0.3 is 14.5 Å². The van der Waals surface area contributed by atoms with E-state index in [0.717, 1.165) is 0 Å². The third-order valence-corrected chi connectivity index (χ3v) is 5.20. The van der Waals surface area contributed by atoms with Crippen LogP contribution in [0.25, 0.3) is 0 Å². The third kappa shape index (κ3) is 9.55. The molecule has 0 aliphatic heterocycles. The molecule has 186 valence electrons. The Hall–Kier alpha value is -0.390. The van der Waals surface area contributed by atoms with Gasteiger partial charge in [-0.3, -0.25) is 18.9 Å². The predicted octanol–water partition coefficient (Wildman–Crippen LogP) is -1.31. The zero-order valence-corrected chi connectivity index (χ0v) is 18.0. The molecule has 3 unspecified atom stereocenters. The van der Waals surface area contributed by atoms with Gasteiger partial charge in [0.25, 0.3) is 0 Å².